The van der Waals surface area contributed by atoms with Crippen molar-refractivity contribution < 1.29 is 14.6 Å². The van der Waals surface area contributed by atoms with Crippen LogP contribution in [0.3, 0.4) is 0 Å². The average Bonchev–Trinajstić information content (AvgIpc) is 2.88. The molecule has 0 spiro atoms. The Kier molecular flexibility index (Phi) is 4.48. The quantitative estimate of drug-likeness (QED) is 0.886. The van der Waals surface area contributed by atoms with Crippen molar-refractivity contribution in [1.82, 2.24) is 9.78 Å². The van der Waals surface area contributed by atoms with E-state index in [4.69, 9.17) is 14.6 Å². The first-order valence-corrected chi connectivity index (χ1v) is 7.51. The normalized spacial score (nSPS) is 17.3. The molecular weight excluding hydrogens is 282 g/mol. The summed E-state index contributed by atoms with van der Waals surface area (Å²) in [6.45, 7) is 1.31. The van der Waals surface area contributed by atoms with Crippen LogP contribution in [0.5, 0.6) is 11.5 Å². The number of aliphatic hydroxyl groups is 1. The minimum Gasteiger partial charge on any atom is -0.497 e. The summed E-state index contributed by atoms with van der Waals surface area (Å²) in [5, 5.41) is 16.7. The molecule has 2 aromatic rings. The largest absolute Gasteiger partial charge is 0.497 e. The van der Waals surface area contributed by atoms with Gasteiger partial charge in [0.2, 0.25) is 0 Å². The molecule has 22 heavy (non-hydrogen) atoms. The molecule has 3 rings (SSSR count). The smallest absolute Gasteiger partial charge is 0.124 e. The fraction of sp³-hybridized carbons (Fsp3) is 0.438. The average molecular weight is 303 g/mol. The number of nitrogens with zero attached hydrogens (tertiary/aromatic N) is 2. The third-order valence-corrected chi connectivity index (χ3v) is 3.79. The van der Waals surface area contributed by atoms with Crippen molar-refractivity contribution in [2.45, 2.75) is 25.4 Å². The van der Waals surface area contributed by atoms with Gasteiger partial charge in [-0.05, 0) is 31.0 Å². The molecular formula is C16H21N3O3. The molecule has 0 saturated carbocycles. The fourth-order valence-electron chi connectivity index (χ4n) is 2.70. The van der Waals surface area contributed by atoms with Crippen LogP contribution in [0.15, 0.2) is 30.6 Å². The van der Waals surface area contributed by atoms with E-state index in [1.165, 1.54) is 0 Å². The lowest BCUT2D eigenvalue weighted by Gasteiger charge is -2.19. The SMILES string of the molecule is COc1ccc2c(c1)C(Nc1cnn(CCO)c1)CCCO2. The highest BCUT2D eigenvalue weighted by atomic mass is 16.5. The third-order valence-electron chi connectivity index (χ3n) is 3.79. The molecule has 0 fully saturated rings. The molecule has 6 heteroatoms. The summed E-state index contributed by atoms with van der Waals surface area (Å²) in [6, 6.07) is 6.06. The summed E-state index contributed by atoms with van der Waals surface area (Å²) < 4.78 is 12.9. The van der Waals surface area contributed by atoms with E-state index in [1.807, 2.05) is 24.4 Å². The van der Waals surface area contributed by atoms with Gasteiger partial charge in [0, 0.05) is 11.8 Å². The van der Waals surface area contributed by atoms with Gasteiger partial charge >= 0.3 is 0 Å². The molecule has 0 radical (unpaired) electrons. The van der Waals surface area contributed by atoms with Gasteiger partial charge in [-0.25, -0.2) is 0 Å². The number of ether oxygens (including phenoxy) is 2. The fourth-order valence-corrected chi connectivity index (χ4v) is 2.70. The van der Waals surface area contributed by atoms with E-state index in [2.05, 4.69) is 10.4 Å². The van der Waals surface area contributed by atoms with E-state index in [-0.39, 0.29) is 12.6 Å². The van der Waals surface area contributed by atoms with E-state index in [0.717, 1.165) is 42.2 Å². The number of hydrogen-bond donors (Lipinski definition) is 2. The molecule has 118 valence electrons. The first-order chi connectivity index (χ1) is 10.8. The van der Waals surface area contributed by atoms with Crippen molar-refractivity contribution in [2.24, 2.45) is 0 Å². The number of aromatic nitrogens is 2. The molecule has 1 aliphatic heterocycles. The number of benzene rings is 1. The predicted octanol–water partition coefficient (Wildman–Crippen LogP) is 2.21. The summed E-state index contributed by atoms with van der Waals surface area (Å²) in [7, 11) is 1.67. The van der Waals surface area contributed by atoms with Crippen LogP contribution in [0.4, 0.5) is 5.69 Å². The van der Waals surface area contributed by atoms with E-state index in [1.54, 1.807) is 18.0 Å². The van der Waals surface area contributed by atoms with Crippen molar-refractivity contribution in [3.05, 3.63) is 36.2 Å². The van der Waals surface area contributed by atoms with Crippen LogP contribution < -0.4 is 14.8 Å². The van der Waals surface area contributed by atoms with Gasteiger partial charge in [-0.3, -0.25) is 4.68 Å². The van der Waals surface area contributed by atoms with Crippen LogP contribution in [-0.2, 0) is 6.54 Å². The van der Waals surface area contributed by atoms with Gasteiger partial charge < -0.3 is 19.9 Å². The number of anilines is 1. The Morgan fingerprint density at radius 3 is 3.23 bits per heavy atom. The lowest BCUT2D eigenvalue weighted by Crippen LogP contribution is -2.10. The predicted molar refractivity (Wildman–Crippen MR) is 83.4 cm³/mol. The van der Waals surface area contributed by atoms with E-state index < -0.39 is 0 Å². The van der Waals surface area contributed by atoms with Gasteiger partial charge in [0.15, 0.2) is 0 Å². The second-order valence-electron chi connectivity index (χ2n) is 5.31. The maximum atomic E-state index is 8.96. The Hall–Kier alpha value is -2.21. The molecule has 1 aromatic heterocycles. The van der Waals surface area contributed by atoms with Crippen molar-refractivity contribution in [3.8, 4) is 11.5 Å². The summed E-state index contributed by atoms with van der Waals surface area (Å²) in [6.07, 6.45) is 5.65. The lowest BCUT2D eigenvalue weighted by molar-refractivity contribution is 0.269. The zero-order valence-corrected chi connectivity index (χ0v) is 12.7. The second-order valence-corrected chi connectivity index (χ2v) is 5.31. The molecule has 0 saturated heterocycles. The molecule has 1 aliphatic rings. The van der Waals surface area contributed by atoms with Crippen LogP contribution in [0, 0.1) is 0 Å². The minimum absolute atomic E-state index is 0.0818. The highest BCUT2D eigenvalue weighted by molar-refractivity contribution is 5.48. The number of aliphatic hydroxyl groups excluding tert-OH is 1. The highest BCUT2D eigenvalue weighted by Crippen LogP contribution is 2.36. The Morgan fingerprint density at radius 1 is 1.50 bits per heavy atom. The van der Waals surface area contributed by atoms with Crippen LogP contribution in [0.2, 0.25) is 0 Å². The summed E-state index contributed by atoms with van der Waals surface area (Å²) in [5.74, 6) is 1.73. The maximum absolute atomic E-state index is 8.96. The Morgan fingerprint density at radius 2 is 2.41 bits per heavy atom. The topological polar surface area (TPSA) is 68.5 Å². The number of methoxy groups -OCH3 is 1. The zero-order chi connectivity index (χ0) is 15.4. The monoisotopic (exact) mass is 303 g/mol. The van der Waals surface area contributed by atoms with Crippen LogP contribution >= 0.6 is 0 Å². The molecule has 2 N–H and O–H groups in total. The van der Waals surface area contributed by atoms with Crippen LogP contribution in [0.25, 0.3) is 0 Å². The standard InChI is InChI=1S/C16H21N3O3/c1-21-13-4-5-16-14(9-13)15(3-2-8-22-16)18-12-10-17-19(11-12)6-7-20/h4-5,9-11,15,18,20H,2-3,6-8H2,1H3. The van der Waals surface area contributed by atoms with Crippen molar-refractivity contribution >= 4 is 5.69 Å². The van der Waals surface area contributed by atoms with Gasteiger partial charge in [-0.1, -0.05) is 0 Å². The van der Waals surface area contributed by atoms with E-state index >= 15 is 0 Å². The maximum Gasteiger partial charge on any atom is 0.124 e. The first-order valence-electron chi connectivity index (χ1n) is 7.51. The number of rotatable bonds is 5. The van der Waals surface area contributed by atoms with Gasteiger partial charge in [0.25, 0.3) is 0 Å². The molecule has 2 heterocycles. The van der Waals surface area contributed by atoms with Crippen molar-refractivity contribution in [1.29, 1.82) is 0 Å². The van der Waals surface area contributed by atoms with Crippen molar-refractivity contribution in [3.63, 3.8) is 0 Å². The first kappa shape index (κ1) is 14.7. The summed E-state index contributed by atoms with van der Waals surface area (Å²) >= 11 is 0. The molecule has 0 bridgehead atoms. The minimum atomic E-state index is 0.0818. The number of hydrogen-bond acceptors (Lipinski definition) is 5. The van der Waals surface area contributed by atoms with Gasteiger partial charge in [-0.2, -0.15) is 5.10 Å². The van der Waals surface area contributed by atoms with Crippen LogP contribution in [-0.4, -0.2) is 35.2 Å². The molecule has 6 nitrogen and oxygen atoms in total. The highest BCUT2D eigenvalue weighted by Gasteiger charge is 2.21. The molecule has 1 aromatic carbocycles. The molecule has 0 amide bonds. The number of fused-ring (bicyclic) bond motifs is 1. The van der Waals surface area contributed by atoms with Crippen molar-refractivity contribution in [2.75, 3.05) is 25.6 Å². The zero-order valence-electron chi connectivity index (χ0n) is 12.7. The van der Waals surface area contributed by atoms with E-state index in [0.29, 0.717) is 6.54 Å². The van der Waals surface area contributed by atoms with Gasteiger partial charge in [-0.15, -0.1) is 0 Å². The lowest BCUT2D eigenvalue weighted by atomic mass is 10.0. The Bertz CT molecular complexity index is 627. The summed E-state index contributed by atoms with van der Waals surface area (Å²) in [5.41, 5.74) is 2.04. The second kappa shape index (κ2) is 6.70. The summed E-state index contributed by atoms with van der Waals surface area (Å²) in [4.78, 5) is 0. The molecule has 1 unspecified atom stereocenters. The van der Waals surface area contributed by atoms with Gasteiger partial charge in [0.05, 0.1) is 44.8 Å². The number of nitrogens with one attached hydrogen (secondary N) is 1. The van der Waals surface area contributed by atoms with E-state index in [9.17, 15) is 0 Å². The Labute approximate surface area is 129 Å². The Balaban J connectivity index is 1.83. The molecule has 0 aliphatic carbocycles. The van der Waals surface area contributed by atoms with Crippen LogP contribution in [0.1, 0.15) is 24.4 Å². The van der Waals surface area contributed by atoms with Gasteiger partial charge in [0.1, 0.15) is 11.5 Å². The molecule has 1 atom stereocenters. The third kappa shape index (κ3) is 3.17.